The molecule has 0 unspecified atom stereocenters. The largest absolute Gasteiger partial charge is 0.366 e. The van der Waals surface area contributed by atoms with Crippen LogP contribution < -0.4 is 5.32 Å². The fourth-order valence-corrected chi connectivity index (χ4v) is 2.01. The molecular formula is C17H15N3. The van der Waals surface area contributed by atoms with Gasteiger partial charge in [-0.25, -0.2) is 9.97 Å². The van der Waals surface area contributed by atoms with Gasteiger partial charge in [0.05, 0.1) is 5.69 Å². The summed E-state index contributed by atoms with van der Waals surface area (Å²) >= 11 is 0. The monoisotopic (exact) mass is 261 g/mol. The van der Waals surface area contributed by atoms with E-state index in [4.69, 9.17) is 0 Å². The maximum absolute atomic E-state index is 4.31. The van der Waals surface area contributed by atoms with Crippen LogP contribution in [-0.2, 0) is 6.54 Å². The molecule has 3 nitrogen and oxygen atoms in total. The van der Waals surface area contributed by atoms with Gasteiger partial charge in [0.15, 0.2) is 0 Å². The molecule has 0 spiro atoms. The molecule has 98 valence electrons. The van der Waals surface area contributed by atoms with Crippen LogP contribution in [0.25, 0.3) is 11.3 Å². The van der Waals surface area contributed by atoms with Gasteiger partial charge < -0.3 is 5.32 Å². The van der Waals surface area contributed by atoms with Crippen LogP contribution in [-0.4, -0.2) is 9.97 Å². The lowest BCUT2D eigenvalue weighted by molar-refractivity contribution is 1.08. The molecule has 1 N–H and O–H groups in total. The Labute approximate surface area is 118 Å². The molecule has 0 atom stereocenters. The van der Waals surface area contributed by atoms with Crippen molar-refractivity contribution in [3.63, 3.8) is 0 Å². The highest BCUT2D eigenvalue weighted by atomic mass is 15.0. The van der Waals surface area contributed by atoms with E-state index >= 15 is 0 Å². The van der Waals surface area contributed by atoms with Crippen LogP contribution in [0.3, 0.4) is 0 Å². The van der Waals surface area contributed by atoms with Gasteiger partial charge in [0.25, 0.3) is 0 Å². The van der Waals surface area contributed by atoms with Crippen LogP contribution in [0.15, 0.2) is 73.1 Å². The second-order valence-corrected chi connectivity index (χ2v) is 4.49. The van der Waals surface area contributed by atoms with Crippen molar-refractivity contribution in [1.82, 2.24) is 9.97 Å². The first-order valence-electron chi connectivity index (χ1n) is 6.57. The summed E-state index contributed by atoms with van der Waals surface area (Å²) in [5.41, 5.74) is 3.25. The second-order valence-electron chi connectivity index (χ2n) is 4.49. The van der Waals surface area contributed by atoms with Gasteiger partial charge in [-0.1, -0.05) is 60.7 Å². The van der Waals surface area contributed by atoms with E-state index in [1.165, 1.54) is 5.56 Å². The molecule has 0 saturated carbocycles. The maximum atomic E-state index is 4.31. The minimum absolute atomic E-state index is 0.756. The highest BCUT2D eigenvalue weighted by Gasteiger charge is 2.01. The lowest BCUT2D eigenvalue weighted by Crippen LogP contribution is -2.01. The molecule has 1 aromatic heterocycles. The second kappa shape index (κ2) is 5.97. The number of aromatic nitrogens is 2. The van der Waals surface area contributed by atoms with Gasteiger partial charge in [0, 0.05) is 18.2 Å². The number of nitrogens with one attached hydrogen (secondary N) is 1. The molecule has 0 amide bonds. The van der Waals surface area contributed by atoms with Crippen LogP contribution in [0.5, 0.6) is 0 Å². The van der Waals surface area contributed by atoms with Crippen molar-refractivity contribution in [2.45, 2.75) is 6.54 Å². The van der Waals surface area contributed by atoms with Crippen molar-refractivity contribution in [1.29, 1.82) is 0 Å². The van der Waals surface area contributed by atoms with E-state index in [1.807, 2.05) is 54.6 Å². The molecule has 3 rings (SSSR count). The molecule has 0 radical (unpaired) electrons. The average Bonchev–Trinajstić information content (AvgIpc) is 2.55. The summed E-state index contributed by atoms with van der Waals surface area (Å²) < 4.78 is 0. The summed E-state index contributed by atoms with van der Waals surface area (Å²) in [6, 6.07) is 22.3. The predicted octanol–water partition coefficient (Wildman–Crippen LogP) is 3.76. The SMILES string of the molecule is c1ccc(CNc2cc(-c3ccccc3)ncn2)cc1. The molecule has 1 heterocycles. The van der Waals surface area contributed by atoms with Crippen molar-refractivity contribution < 1.29 is 0 Å². The average molecular weight is 261 g/mol. The van der Waals surface area contributed by atoms with Gasteiger partial charge in [-0.05, 0) is 5.56 Å². The fourth-order valence-electron chi connectivity index (χ4n) is 2.01. The van der Waals surface area contributed by atoms with Crippen LogP contribution in [0.2, 0.25) is 0 Å². The number of benzene rings is 2. The lowest BCUT2D eigenvalue weighted by Gasteiger charge is -2.07. The molecule has 0 saturated heterocycles. The molecule has 0 aliphatic carbocycles. The third-order valence-electron chi connectivity index (χ3n) is 3.05. The molecule has 3 heteroatoms. The standard InChI is InChI=1S/C17H15N3/c1-3-7-14(8-4-1)12-18-17-11-16(19-13-20-17)15-9-5-2-6-10-15/h1-11,13H,12H2,(H,18,19,20). The Morgan fingerprint density at radius 2 is 1.50 bits per heavy atom. The number of rotatable bonds is 4. The summed E-state index contributed by atoms with van der Waals surface area (Å²) in [5.74, 6) is 0.836. The van der Waals surface area contributed by atoms with E-state index in [0.717, 1.165) is 23.6 Å². The van der Waals surface area contributed by atoms with E-state index in [2.05, 4.69) is 27.4 Å². The van der Waals surface area contributed by atoms with Crippen molar-refractivity contribution in [2.75, 3.05) is 5.32 Å². The first-order chi connectivity index (χ1) is 9.92. The van der Waals surface area contributed by atoms with E-state index < -0.39 is 0 Å². The molecule has 3 aromatic rings. The van der Waals surface area contributed by atoms with Crippen LogP contribution in [0.1, 0.15) is 5.56 Å². The van der Waals surface area contributed by atoms with Gasteiger partial charge in [-0.3, -0.25) is 0 Å². The maximum Gasteiger partial charge on any atom is 0.130 e. The molecule has 0 fully saturated rings. The normalized spacial score (nSPS) is 10.2. The Balaban J connectivity index is 1.75. The zero-order chi connectivity index (χ0) is 13.6. The summed E-state index contributed by atoms with van der Waals surface area (Å²) in [6.07, 6.45) is 1.59. The first-order valence-corrected chi connectivity index (χ1v) is 6.57. The Morgan fingerprint density at radius 1 is 0.800 bits per heavy atom. The summed E-state index contributed by atoms with van der Waals surface area (Å²) in [5, 5.41) is 3.32. The molecule has 20 heavy (non-hydrogen) atoms. The topological polar surface area (TPSA) is 37.8 Å². The highest BCUT2D eigenvalue weighted by molar-refractivity contribution is 5.61. The van der Waals surface area contributed by atoms with Crippen molar-refractivity contribution in [3.8, 4) is 11.3 Å². The summed E-state index contributed by atoms with van der Waals surface area (Å²) in [7, 11) is 0. The van der Waals surface area contributed by atoms with Crippen LogP contribution in [0, 0.1) is 0 Å². The van der Waals surface area contributed by atoms with E-state index in [9.17, 15) is 0 Å². The quantitative estimate of drug-likeness (QED) is 0.777. The minimum atomic E-state index is 0.756. The van der Waals surface area contributed by atoms with Gasteiger partial charge >= 0.3 is 0 Å². The lowest BCUT2D eigenvalue weighted by atomic mass is 10.1. The molecular weight excluding hydrogens is 246 g/mol. The fraction of sp³-hybridized carbons (Fsp3) is 0.0588. The Kier molecular flexibility index (Phi) is 3.69. The first kappa shape index (κ1) is 12.4. The third-order valence-corrected chi connectivity index (χ3v) is 3.05. The van der Waals surface area contributed by atoms with Gasteiger partial charge in [0.2, 0.25) is 0 Å². The number of hydrogen-bond acceptors (Lipinski definition) is 3. The van der Waals surface area contributed by atoms with E-state index in [-0.39, 0.29) is 0 Å². The Hall–Kier alpha value is -2.68. The molecule has 0 aliphatic rings. The van der Waals surface area contributed by atoms with Gasteiger partial charge in [0.1, 0.15) is 12.1 Å². The van der Waals surface area contributed by atoms with Crippen molar-refractivity contribution in [3.05, 3.63) is 78.6 Å². The number of anilines is 1. The van der Waals surface area contributed by atoms with Gasteiger partial charge in [-0.15, -0.1) is 0 Å². The number of hydrogen-bond donors (Lipinski definition) is 1. The Morgan fingerprint density at radius 3 is 2.25 bits per heavy atom. The molecule has 2 aromatic carbocycles. The third kappa shape index (κ3) is 3.01. The summed E-state index contributed by atoms with van der Waals surface area (Å²) in [6.45, 7) is 0.756. The number of nitrogens with zero attached hydrogens (tertiary/aromatic N) is 2. The Bertz CT molecular complexity index is 666. The van der Waals surface area contributed by atoms with E-state index in [1.54, 1.807) is 6.33 Å². The zero-order valence-electron chi connectivity index (χ0n) is 11.0. The van der Waals surface area contributed by atoms with E-state index in [0.29, 0.717) is 0 Å². The van der Waals surface area contributed by atoms with Crippen molar-refractivity contribution in [2.24, 2.45) is 0 Å². The highest BCUT2D eigenvalue weighted by Crippen LogP contribution is 2.18. The van der Waals surface area contributed by atoms with Gasteiger partial charge in [-0.2, -0.15) is 0 Å². The zero-order valence-corrected chi connectivity index (χ0v) is 11.0. The van der Waals surface area contributed by atoms with Crippen LogP contribution >= 0.6 is 0 Å². The summed E-state index contributed by atoms with van der Waals surface area (Å²) in [4.78, 5) is 8.57. The molecule has 0 bridgehead atoms. The smallest absolute Gasteiger partial charge is 0.130 e. The predicted molar refractivity (Wildman–Crippen MR) is 81.2 cm³/mol. The minimum Gasteiger partial charge on any atom is -0.366 e. The van der Waals surface area contributed by atoms with Crippen molar-refractivity contribution >= 4 is 5.82 Å². The van der Waals surface area contributed by atoms with Crippen LogP contribution in [0.4, 0.5) is 5.82 Å². The molecule has 0 aliphatic heterocycles.